The van der Waals surface area contributed by atoms with Gasteiger partial charge in [0.2, 0.25) is 0 Å². The van der Waals surface area contributed by atoms with E-state index < -0.39 is 0 Å². The third-order valence-electron chi connectivity index (χ3n) is 14.3. The largest absolute Gasteiger partial charge is 0.307 e. The third kappa shape index (κ3) is 4.54. The molecule has 63 heavy (non-hydrogen) atoms. The van der Waals surface area contributed by atoms with Gasteiger partial charge in [0.1, 0.15) is 22.7 Å². The van der Waals surface area contributed by atoms with Crippen LogP contribution >= 0.6 is 0 Å². The van der Waals surface area contributed by atoms with E-state index in [1.165, 1.54) is 116 Å². The average molecular weight is 817 g/mol. The summed E-state index contributed by atoms with van der Waals surface area (Å²) < 4.78 is 10.1. The van der Waals surface area contributed by atoms with Gasteiger partial charge in [-0.15, -0.1) is 0 Å². The molecule has 0 aliphatic carbocycles. The molecular formula is C56H49BN6. The minimum absolute atomic E-state index is 0.0614. The normalized spacial score (nSPS) is 13.5. The van der Waals surface area contributed by atoms with Crippen molar-refractivity contribution in [3.63, 3.8) is 0 Å². The van der Waals surface area contributed by atoms with Gasteiger partial charge < -0.3 is 9.13 Å². The summed E-state index contributed by atoms with van der Waals surface area (Å²) in [5.41, 5.74) is 22.5. The molecule has 0 atom stereocenters. The Kier molecular flexibility index (Phi) is 6.99. The topological polar surface area (TPSA) is 45.5 Å². The van der Waals surface area contributed by atoms with E-state index >= 15 is 0 Å². The minimum atomic E-state index is -0.249. The van der Waals surface area contributed by atoms with Crippen LogP contribution in [0.1, 0.15) is 75.4 Å². The van der Waals surface area contributed by atoms with Crippen molar-refractivity contribution in [2.75, 3.05) is 0 Å². The zero-order valence-electron chi connectivity index (χ0n) is 37.7. The molecule has 0 spiro atoms. The Morgan fingerprint density at radius 1 is 0.413 bits per heavy atom. The zero-order chi connectivity index (χ0) is 43.2. The van der Waals surface area contributed by atoms with Crippen LogP contribution in [0.4, 0.5) is 0 Å². The number of imidazole rings is 2. The smallest absolute Gasteiger partial charge is 0.252 e. The van der Waals surface area contributed by atoms with Gasteiger partial charge in [0.15, 0.2) is 0 Å². The van der Waals surface area contributed by atoms with Gasteiger partial charge in [0.05, 0.1) is 44.5 Å². The summed E-state index contributed by atoms with van der Waals surface area (Å²) in [5, 5.41) is 4.96. The van der Waals surface area contributed by atoms with Gasteiger partial charge in [-0.05, 0) is 90.6 Å². The first kappa shape index (κ1) is 36.8. The van der Waals surface area contributed by atoms with Crippen molar-refractivity contribution in [1.29, 1.82) is 0 Å². The first-order valence-electron chi connectivity index (χ1n) is 22.5. The van der Waals surface area contributed by atoms with E-state index in [4.69, 9.17) is 9.97 Å². The van der Waals surface area contributed by atoms with Crippen molar-refractivity contribution in [3.05, 3.63) is 149 Å². The summed E-state index contributed by atoms with van der Waals surface area (Å²) in [6.07, 6.45) is 0. The molecule has 2 aliphatic rings. The van der Waals surface area contributed by atoms with Crippen molar-refractivity contribution in [3.8, 4) is 22.7 Å². The van der Waals surface area contributed by atoms with Crippen LogP contribution < -0.4 is 16.4 Å². The van der Waals surface area contributed by atoms with Gasteiger partial charge in [-0.3, -0.25) is 9.13 Å². The summed E-state index contributed by atoms with van der Waals surface area (Å²) in [7, 11) is 0. The third-order valence-corrected chi connectivity index (χ3v) is 14.3. The Morgan fingerprint density at radius 2 is 0.794 bits per heavy atom. The van der Waals surface area contributed by atoms with E-state index in [0.717, 1.165) is 22.7 Å². The van der Waals surface area contributed by atoms with Crippen molar-refractivity contribution >= 4 is 88.8 Å². The molecule has 0 radical (unpaired) electrons. The maximum absolute atomic E-state index is 5.85. The fraction of sp³-hybridized carbons (Fsp3) is 0.214. The van der Waals surface area contributed by atoms with Gasteiger partial charge in [-0.1, -0.05) is 133 Å². The molecule has 306 valence electrons. The van der Waals surface area contributed by atoms with Crippen LogP contribution in [0.15, 0.2) is 115 Å². The number of hydrogen-bond donors (Lipinski definition) is 0. The first-order valence-corrected chi connectivity index (χ1v) is 22.5. The maximum Gasteiger partial charge on any atom is 0.252 e. The van der Waals surface area contributed by atoms with Crippen LogP contribution in [0.2, 0.25) is 0 Å². The highest BCUT2D eigenvalue weighted by Crippen LogP contribution is 2.45. The van der Waals surface area contributed by atoms with E-state index in [-0.39, 0.29) is 17.5 Å². The van der Waals surface area contributed by atoms with Crippen molar-refractivity contribution in [2.24, 2.45) is 0 Å². The molecule has 0 N–H and O–H groups in total. The second kappa shape index (κ2) is 12.0. The van der Waals surface area contributed by atoms with Crippen LogP contribution in [0, 0.1) is 27.7 Å². The zero-order valence-corrected chi connectivity index (χ0v) is 37.7. The molecule has 0 amide bonds. The molecule has 0 saturated heterocycles. The summed E-state index contributed by atoms with van der Waals surface area (Å²) in [5.74, 6) is 2.14. The van der Waals surface area contributed by atoms with Gasteiger partial charge in [-0.2, -0.15) is 0 Å². The van der Waals surface area contributed by atoms with Crippen molar-refractivity contribution in [2.45, 2.75) is 80.1 Å². The molecule has 0 fully saturated rings. The fourth-order valence-corrected chi connectivity index (χ4v) is 11.8. The lowest BCUT2D eigenvalue weighted by Crippen LogP contribution is -2.59. The quantitative estimate of drug-likeness (QED) is 0.163. The lowest BCUT2D eigenvalue weighted by molar-refractivity contribution is 0.538. The molecule has 6 nitrogen and oxygen atoms in total. The second-order valence-electron chi connectivity index (χ2n) is 20.5. The Hall–Kier alpha value is -6.86. The molecule has 0 bridgehead atoms. The SMILES string of the molecule is Cc1cccc(C)c1-n1c2ccccc2c2cc3c4c(nc(C(C)(C)C)n4-c4cccc5c4B3c3cc4c6ccccc6n(-c6c(C)cccc6C)c4c4nc(C(C)(C)C)n-5c34)c21. The summed E-state index contributed by atoms with van der Waals surface area (Å²) in [6, 6.07) is 43.3. The Labute approximate surface area is 367 Å². The molecule has 7 aromatic carbocycles. The molecule has 2 aliphatic heterocycles. The van der Waals surface area contributed by atoms with E-state index in [9.17, 15) is 0 Å². The number of rotatable bonds is 2. The van der Waals surface area contributed by atoms with Gasteiger partial charge in [0, 0.05) is 43.7 Å². The number of nitrogens with zero attached hydrogens (tertiary/aromatic N) is 6. The highest BCUT2D eigenvalue weighted by Gasteiger charge is 2.45. The molecule has 4 aromatic heterocycles. The lowest BCUT2D eigenvalue weighted by atomic mass is 9.34. The van der Waals surface area contributed by atoms with Crippen LogP contribution in [0.3, 0.4) is 0 Å². The summed E-state index contributed by atoms with van der Waals surface area (Å²) in [4.78, 5) is 11.7. The lowest BCUT2D eigenvalue weighted by Gasteiger charge is -2.35. The highest BCUT2D eigenvalue weighted by atomic mass is 15.2. The predicted octanol–water partition coefficient (Wildman–Crippen LogP) is 11.5. The standard InChI is InChI=1S/C56H49BN6/c1-30-18-15-19-31(2)47(30)60-40-24-13-11-22-34(40)36-28-38-51-45(49(36)60)58-53(55(5,6)7)62(51)42-26-17-27-43-44(42)57(38)39-29-37-35-23-12-14-25-41(35)61(48-32(3)20-16-21-33(48)4)50(37)46-52(39)63(43)54(59-46)56(8,9)10/h11-29H,1-10H3. The minimum Gasteiger partial charge on any atom is -0.307 e. The first-order chi connectivity index (χ1) is 30.2. The molecule has 0 saturated carbocycles. The Bertz CT molecular complexity index is 3580. The van der Waals surface area contributed by atoms with E-state index in [1.807, 2.05) is 0 Å². The molecule has 0 unspecified atom stereocenters. The molecule has 6 heterocycles. The average Bonchev–Trinajstić information content (AvgIpc) is 4.01. The van der Waals surface area contributed by atoms with Crippen LogP contribution in [0.5, 0.6) is 0 Å². The summed E-state index contributed by atoms with van der Waals surface area (Å²) >= 11 is 0. The predicted molar refractivity (Wildman–Crippen MR) is 265 cm³/mol. The van der Waals surface area contributed by atoms with E-state index in [2.05, 4.69) is 203 Å². The Morgan fingerprint density at radius 3 is 1.19 bits per heavy atom. The monoisotopic (exact) mass is 816 g/mol. The Balaban J connectivity index is 1.26. The van der Waals surface area contributed by atoms with E-state index in [0.29, 0.717) is 0 Å². The molecule has 13 rings (SSSR count). The van der Waals surface area contributed by atoms with E-state index in [1.54, 1.807) is 0 Å². The molecular weight excluding hydrogens is 767 g/mol. The number of para-hydroxylation sites is 4. The van der Waals surface area contributed by atoms with Crippen LogP contribution in [0.25, 0.3) is 88.4 Å². The van der Waals surface area contributed by atoms with Gasteiger partial charge >= 0.3 is 0 Å². The highest BCUT2D eigenvalue weighted by molar-refractivity contribution is 7.00. The number of aryl methyl sites for hydroxylation is 4. The van der Waals surface area contributed by atoms with Crippen molar-refractivity contribution < 1.29 is 0 Å². The van der Waals surface area contributed by atoms with Gasteiger partial charge in [-0.25, -0.2) is 9.97 Å². The molecule has 7 heteroatoms. The van der Waals surface area contributed by atoms with Crippen molar-refractivity contribution in [1.82, 2.24) is 28.2 Å². The number of hydrogen-bond acceptors (Lipinski definition) is 2. The number of fused-ring (bicyclic) bond motifs is 12. The maximum atomic E-state index is 5.85. The number of aromatic nitrogens is 6. The fourth-order valence-electron chi connectivity index (χ4n) is 11.8. The van der Waals surface area contributed by atoms with Crippen LogP contribution in [-0.2, 0) is 10.8 Å². The molecule has 11 aromatic rings. The summed E-state index contributed by atoms with van der Waals surface area (Å²) in [6.45, 7) is 22.8. The number of benzene rings is 7. The van der Waals surface area contributed by atoms with Gasteiger partial charge in [0.25, 0.3) is 6.71 Å². The second-order valence-corrected chi connectivity index (χ2v) is 20.5. The van der Waals surface area contributed by atoms with Crippen LogP contribution in [-0.4, -0.2) is 34.9 Å².